The fraction of sp³-hybridized carbons (Fsp3) is 0.500. The number of rotatable bonds is 6. The summed E-state index contributed by atoms with van der Waals surface area (Å²) < 4.78 is 11.0. The third-order valence-corrected chi connectivity index (χ3v) is 2.24. The van der Waals surface area contributed by atoms with E-state index < -0.39 is 0 Å². The molecule has 0 bridgehead atoms. The fourth-order valence-corrected chi connectivity index (χ4v) is 1.13. The largest absolute Gasteiger partial charge is 0.489 e. The van der Waals surface area contributed by atoms with Crippen LogP contribution in [0.5, 0.6) is 5.75 Å². The maximum absolute atomic E-state index is 5.72. The Hall–Kier alpha value is -1.22. The number of para-hydroxylation sites is 2. The number of nitrogen functional groups attached to an aromatic ring is 1. The van der Waals surface area contributed by atoms with E-state index in [4.69, 9.17) is 15.2 Å². The number of benzene rings is 1. The Bertz CT molecular complexity index is 289. The van der Waals surface area contributed by atoms with Crippen molar-refractivity contribution < 1.29 is 9.47 Å². The first-order valence-electron chi connectivity index (χ1n) is 5.33. The number of hydrogen-bond donors (Lipinski definition) is 1. The summed E-state index contributed by atoms with van der Waals surface area (Å²) in [5.74, 6) is 0.727. The van der Waals surface area contributed by atoms with Crippen LogP contribution in [-0.4, -0.2) is 19.3 Å². The molecular formula is C12H19NO2. The Balaban J connectivity index is 2.23. The Morgan fingerprint density at radius 2 is 2.00 bits per heavy atom. The average molecular weight is 209 g/mol. The highest BCUT2D eigenvalue weighted by Crippen LogP contribution is 2.19. The maximum Gasteiger partial charge on any atom is 0.142 e. The topological polar surface area (TPSA) is 44.5 Å². The number of nitrogens with two attached hydrogens (primary N) is 1. The molecule has 0 aliphatic carbocycles. The van der Waals surface area contributed by atoms with Gasteiger partial charge in [0.25, 0.3) is 0 Å². The zero-order chi connectivity index (χ0) is 11.1. The molecule has 0 aliphatic heterocycles. The van der Waals surface area contributed by atoms with Crippen LogP contribution in [-0.2, 0) is 4.74 Å². The average Bonchev–Trinajstić information content (AvgIpc) is 2.26. The molecule has 2 N–H and O–H groups in total. The summed E-state index contributed by atoms with van der Waals surface area (Å²) in [4.78, 5) is 0. The van der Waals surface area contributed by atoms with Crippen molar-refractivity contribution in [1.29, 1.82) is 0 Å². The van der Waals surface area contributed by atoms with Crippen LogP contribution in [0.25, 0.3) is 0 Å². The predicted octanol–water partition coefficient (Wildman–Crippen LogP) is 2.46. The molecule has 1 aromatic rings. The summed E-state index contributed by atoms with van der Waals surface area (Å²) in [6.45, 7) is 5.29. The second kappa shape index (κ2) is 6.30. The standard InChI is InChI=1S/C12H19NO2/c1-3-10(2)14-8-9-15-12-7-5-4-6-11(12)13/h4-7,10H,3,8-9,13H2,1-2H3. The van der Waals surface area contributed by atoms with Gasteiger partial charge in [-0.25, -0.2) is 0 Å². The molecule has 3 nitrogen and oxygen atoms in total. The molecule has 1 aromatic carbocycles. The van der Waals surface area contributed by atoms with E-state index in [1.165, 1.54) is 0 Å². The quantitative estimate of drug-likeness (QED) is 0.578. The molecule has 84 valence electrons. The molecule has 1 atom stereocenters. The van der Waals surface area contributed by atoms with Crippen molar-refractivity contribution in [2.75, 3.05) is 18.9 Å². The molecule has 15 heavy (non-hydrogen) atoms. The molecular weight excluding hydrogens is 190 g/mol. The van der Waals surface area contributed by atoms with Crippen LogP contribution in [0.15, 0.2) is 24.3 Å². The summed E-state index contributed by atoms with van der Waals surface area (Å²) in [7, 11) is 0. The van der Waals surface area contributed by atoms with Crippen LogP contribution in [0.1, 0.15) is 20.3 Å². The van der Waals surface area contributed by atoms with Gasteiger partial charge >= 0.3 is 0 Å². The highest BCUT2D eigenvalue weighted by Gasteiger charge is 2.00. The summed E-state index contributed by atoms with van der Waals surface area (Å²) in [5, 5.41) is 0. The van der Waals surface area contributed by atoms with Gasteiger partial charge in [-0.2, -0.15) is 0 Å². The second-order valence-electron chi connectivity index (χ2n) is 3.48. The minimum atomic E-state index is 0.293. The molecule has 0 heterocycles. The SMILES string of the molecule is CCC(C)OCCOc1ccccc1N. The van der Waals surface area contributed by atoms with Gasteiger partial charge in [-0.1, -0.05) is 19.1 Å². The van der Waals surface area contributed by atoms with Crippen molar-refractivity contribution in [3.63, 3.8) is 0 Å². The number of ether oxygens (including phenoxy) is 2. The summed E-state index contributed by atoms with van der Waals surface area (Å²) in [5.41, 5.74) is 6.39. The van der Waals surface area contributed by atoms with Crippen LogP contribution in [0.2, 0.25) is 0 Å². The highest BCUT2D eigenvalue weighted by molar-refractivity contribution is 5.51. The van der Waals surface area contributed by atoms with Crippen LogP contribution in [0, 0.1) is 0 Å². The van der Waals surface area contributed by atoms with Crippen molar-refractivity contribution >= 4 is 5.69 Å². The molecule has 1 unspecified atom stereocenters. The molecule has 0 fully saturated rings. The number of anilines is 1. The van der Waals surface area contributed by atoms with Crippen LogP contribution in [0.3, 0.4) is 0 Å². The molecule has 0 saturated carbocycles. The predicted molar refractivity (Wildman–Crippen MR) is 62.1 cm³/mol. The van der Waals surface area contributed by atoms with E-state index in [2.05, 4.69) is 13.8 Å². The van der Waals surface area contributed by atoms with Gasteiger partial charge in [0.2, 0.25) is 0 Å². The lowest BCUT2D eigenvalue weighted by molar-refractivity contribution is 0.0428. The first-order chi connectivity index (χ1) is 7.24. The lowest BCUT2D eigenvalue weighted by Crippen LogP contribution is -2.13. The highest BCUT2D eigenvalue weighted by atomic mass is 16.5. The second-order valence-corrected chi connectivity index (χ2v) is 3.48. The zero-order valence-corrected chi connectivity index (χ0v) is 9.40. The van der Waals surface area contributed by atoms with E-state index in [0.717, 1.165) is 12.2 Å². The molecule has 0 aromatic heterocycles. The van der Waals surface area contributed by atoms with Crippen LogP contribution < -0.4 is 10.5 Å². The molecule has 0 spiro atoms. The Labute approximate surface area is 91.2 Å². The Morgan fingerprint density at radius 3 is 2.67 bits per heavy atom. The van der Waals surface area contributed by atoms with E-state index in [1.807, 2.05) is 24.3 Å². The van der Waals surface area contributed by atoms with Gasteiger partial charge in [-0.15, -0.1) is 0 Å². The third-order valence-electron chi connectivity index (χ3n) is 2.24. The van der Waals surface area contributed by atoms with E-state index in [0.29, 0.717) is 25.0 Å². The van der Waals surface area contributed by atoms with Crippen molar-refractivity contribution in [3.05, 3.63) is 24.3 Å². The summed E-state index contributed by atoms with van der Waals surface area (Å²) >= 11 is 0. The van der Waals surface area contributed by atoms with Crippen LogP contribution in [0.4, 0.5) is 5.69 Å². The van der Waals surface area contributed by atoms with E-state index in [9.17, 15) is 0 Å². The maximum atomic E-state index is 5.72. The Kier molecular flexibility index (Phi) is 4.98. The fourth-order valence-electron chi connectivity index (χ4n) is 1.13. The molecule has 0 aliphatic rings. The van der Waals surface area contributed by atoms with Crippen molar-refractivity contribution in [2.45, 2.75) is 26.4 Å². The minimum absolute atomic E-state index is 0.293. The molecule has 1 rings (SSSR count). The smallest absolute Gasteiger partial charge is 0.142 e. The zero-order valence-electron chi connectivity index (χ0n) is 9.40. The van der Waals surface area contributed by atoms with Gasteiger partial charge in [0, 0.05) is 0 Å². The van der Waals surface area contributed by atoms with Gasteiger partial charge in [0.05, 0.1) is 18.4 Å². The van der Waals surface area contributed by atoms with Gasteiger partial charge in [0.15, 0.2) is 0 Å². The first kappa shape index (κ1) is 11.9. The third kappa shape index (κ3) is 4.21. The lowest BCUT2D eigenvalue weighted by atomic mass is 10.3. The number of hydrogen-bond acceptors (Lipinski definition) is 3. The monoisotopic (exact) mass is 209 g/mol. The molecule has 0 radical (unpaired) electrons. The van der Waals surface area contributed by atoms with Crippen molar-refractivity contribution in [3.8, 4) is 5.75 Å². The van der Waals surface area contributed by atoms with Crippen molar-refractivity contribution in [2.24, 2.45) is 0 Å². The van der Waals surface area contributed by atoms with Gasteiger partial charge in [-0.3, -0.25) is 0 Å². The van der Waals surface area contributed by atoms with Crippen LogP contribution >= 0.6 is 0 Å². The molecule has 0 amide bonds. The first-order valence-corrected chi connectivity index (χ1v) is 5.33. The van der Waals surface area contributed by atoms with E-state index in [-0.39, 0.29) is 0 Å². The van der Waals surface area contributed by atoms with E-state index in [1.54, 1.807) is 0 Å². The Morgan fingerprint density at radius 1 is 1.27 bits per heavy atom. The van der Waals surface area contributed by atoms with Gasteiger partial charge in [-0.05, 0) is 25.5 Å². The summed E-state index contributed by atoms with van der Waals surface area (Å²) in [6, 6.07) is 7.47. The van der Waals surface area contributed by atoms with Gasteiger partial charge in [0.1, 0.15) is 12.4 Å². The summed E-state index contributed by atoms with van der Waals surface area (Å²) in [6.07, 6.45) is 1.31. The minimum Gasteiger partial charge on any atom is -0.489 e. The molecule has 0 saturated heterocycles. The normalized spacial score (nSPS) is 12.4. The lowest BCUT2D eigenvalue weighted by Gasteiger charge is -2.12. The van der Waals surface area contributed by atoms with Crippen molar-refractivity contribution in [1.82, 2.24) is 0 Å². The van der Waals surface area contributed by atoms with Gasteiger partial charge < -0.3 is 15.2 Å². The van der Waals surface area contributed by atoms with E-state index >= 15 is 0 Å². The molecule has 3 heteroatoms.